The second-order valence-electron chi connectivity index (χ2n) is 4.83. The topological polar surface area (TPSA) is 83.1 Å². The summed E-state index contributed by atoms with van der Waals surface area (Å²) in [5.41, 5.74) is 6.43. The van der Waals surface area contributed by atoms with Crippen LogP contribution < -0.4 is 15.2 Å². The lowest BCUT2D eigenvalue weighted by Gasteiger charge is -2.12. The predicted molar refractivity (Wildman–Crippen MR) is 94.0 cm³/mol. The van der Waals surface area contributed by atoms with Gasteiger partial charge in [0.1, 0.15) is 11.5 Å². The van der Waals surface area contributed by atoms with Crippen molar-refractivity contribution in [2.45, 2.75) is 13.0 Å². The van der Waals surface area contributed by atoms with E-state index in [1.165, 1.54) is 0 Å². The maximum atomic E-state index is 11.9. The Labute approximate surface area is 148 Å². The van der Waals surface area contributed by atoms with E-state index in [1.54, 1.807) is 50.4 Å². The molecule has 0 aliphatic carbocycles. The van der Waals surface area contributed by atoms with Gasteiger partial charge in [0.15, 0.2) is 11.9 Å². The molecule has 0 saturated carbocycles. The molecule has 0 amide bonds. The molecule has 2 rings (SSSR count). The number of oxime groups is 1. The van der Waals surface area contributed by atoms with Gasteiger partial charge in [-0.25, -0.2) is 4.79 Å². The van der Waals surface area contributed by atoms with Gasteiger partial charge in [-0.2, -0.15) is 0 Å². The van der Waals surface area contributed by atoms with Gasteiger partial charge < -0.3 is 20.0 Å². The third-order valence-electron chi connectivity index (χ3n) is 3.08. The Bertz CT molecular complexity index is 714. The van der Waals surface area contributed by atoms with Gasteiger partial charge in [0.05, 0.1) is 7.11 Å². The van der Waals surface area contributed by atoms with Crippen LogP contribution in [0.25, 0.3) is 0 Å². The fourth-order valence-corrected chi connectivity index (χ4v) is 2.01. The van der Waals surface area contributed by atoms with Gasteiger partial charge in [-0.05, 0) is 43.3 Å². The van der Waals surface area contributed by atoms with Crippen LogP contribution in [0.3, 0.4) is 0 Å². The van der Waals surface area contributed by atoms with E-state index in [2.05, 4.69) is 21.1 Å². The highest BCUT2D eigenvalue weighted by atomic mass is 79.9. The quantitative estimate of drug-likeness (QED) is 0.353. The summed E-state index contributed by atoms with van der Waals surface area (Å²) in [6.07, 6.45) is -0.833. The van der Waals surface area contributed by atoms with Crippen LogP contribution in [0, 0.1) is 0 Å². The standard InChI is InChI=1S/C17H17BrN2O4/c1-11(23-15-9-7-14(22-2)8-10-15)17(21)24-20-16(19)12-3-5-13(18)6-4-12/h3-11H,1-2H3,(H2,19,20). The minimum absolute atomic E-state index is 0.104. The third kappa shape index (κ3) is 4.99. The lowest BCUT2D eigenvalue weighted by molar-refractivity contribution is -0.151. The maximum absolute atomic E-state index is 11.9. The first kappa shape index (κ1) is 17.8. The molecule has 0 aromatic heterocycles. The van der Waals surface area contributed by atoms with Crippen molar-refractivity contribution in [3.63, 3.8) is 0 Å². The smallest absolute Gasteiger partial charge is 0.374 e. The normalized spacial score (nSPS) is 12.4. The highest BCUT2D eigenvalue weighted by Gasteiger charge is 2.17. The molecule has 24 heavy (non-hydrogen) atoms. The minimum atomic E-state index is -0.833. The second-order valence-corrected chi connectivity index (χ2v) is 5.75. The molecule has 0 fully saturated rings. The Morgan fingerprint density at radius 3 is 2.25 bits per heavy atom. The number of benzene rings is 2. The lowest BCUT2D eigenvalue weighted by atomic mass is 10.2. The van der Waals surface area contributed by atoms with Gasteiger partial charge in [0, 0.05) is 10.0 Å². The van der Waals surface area contributed by atoms with Crippen LogP contribution >= 0.6 is 15.9 Å². The molecule has 0 radical (unpaired) electrons. The predicted octanol–water partition coefficient (Wildman–Crippen LogP) is 3.09. The molecular formula is C17H17BrN2O4. The van der Waals surface area contributed by atoms with Crippen molar-refractivity contribution in [3.05, 3.63) is 58.6 Å². The second kappa shape index (κ2) is 8.35. The van der Waals surface area contributed by atoms with Gasteiger partial charge in [0.2, 0.25) is 0 Å². The molecule has 0 heterocycles. The summed E-state index contributed by atoms with van der Waals surface area (Å²) in [6.45, 7) is 1.57. The molecule has 0 aliphatic rings. The molecule has 0 aliphatic heterocycles. The van der Waals surface area contributed by atoms with Crippen LogP contribution in [0.2, 0.25) is 0 Å². The molecule has 1 atom stereocenters. The van der Waals surface area contributed by atoms with Crippen LogP contribution in [0.15, 0.2) is 58.2 Å². The summed E-state index contributed by atoms with van der Waals surface area (Å²) in [5, 5.41) is 3.64. The van der Waals surface area contributed by atoms with E-state index in [0.29, 0.717) is 17.1 Å². The number of carbonyl (C=O) groups excluding carboxylic acids is 1. The molecule has 2 aromatic rings. The highest BCUT2D eigenvalue weighted by Crippen LogP contribution is 2.18. The van der Waals surface area contributed by atoms with Crippen molar-refractivity contribution < 1.29 is 19.1 Å². The summed E-state index contributed by atoms with van der Waals surface area (Å²) < 4.78 is 11.5. The van der Waals surface area contributed by atoms with Gasteiger partial charge in [-0.3, -0.25) is 0 Å². The number of nitrogens with two attached hydrogens (primary N) is 1. The summed E-state index contributed by atoms with van der Waals surface area (Å²) in [5.74, 6) is 0.674. The Hall–Kier alpha value is -2.54. The SMILES string of the molecule is COc1ccc(OC(C)C(=O)O/N=C(\N)c2ccc(Br)cc2)cc1. The van der Waals surface area contributed by atoms with Crippen LogP contribution in [0.4, 0.5) is 0 Å². The molecule has 6 nitrogen and oxygen atoms in total. The average Bonchev–Trinajstić information content (AvgIpc) is 2.60. The summed E-state index contributed by atoms with van der Waals surface area (Å²) in [7, 11) is 1.57. The Balaban J connectivity index is 1.92. The third-order valence-corrected chi connectivity index (χ3v) is 3.61. The van der Waals surface area contributed by atoms with E-state index in [9.17, 15) is 4.79 Å². The number of methoxy groups -OCH3 is 1. The number of carbonyl (C=O) groups is 1. The number of ether oxygens (including phenoxy) is 2. The summed E-state index contributed by atoms with van der Waals surface area (Å²) in [4.78, 5) is 16.7. The first-order chi connectivity index (χ1) is 11.5. The first-order valence-electron chi connectivity index (χ1n) is 7.10. The number of rotatable bonds is 6. The first-order valence-corrected chi connectivity index (χ1v) is 7.90. The van der Waals surface area contributed by atoms with Crippen molar-refractivity contribution in [3.8, 4) is 11.5 Å². The molecule has 2 aromatic carbocycles. The fraction of sp³-hybridized carbons (Fsp3) is 0.176. The number of halogens is 1. The van der Waals surface area contributed by atoms with Crippen LogP contribution in [-0.2, 0) is 9.63 Å². The molecule has 0 saturated heterocycles. The zero-order chi connectivity index (χ0) is 17.5. The van der Waals surface area contributed by atoms with Crippen LogP contribution in [-0.4, -0.2) is 25.0 Å². The minimum Gasteiger partial charge on any atom is -0.497 e. The molecular weight excluding hydrogens is 376 g/mol. The van der Waals surface area contributed by atoms with Crippen molar-refractivity contribution in [1.82, 2.24) is 0 Å². The van der Waals surface area contributed by atoms with E-state index in [4.69, 9.17) is 20.0 Å². The van der Waals surface area contributed by atoms with E-state index < -0.39 is 12.1 Å². The molecule has 0 spiro atoms. The van der Waals surface area contributed by atoms with Crippen molar-refractivity contribution in [1.29, 1.82) is 0 Å². The van der Waals surface area contributed by atoms with Crippen molar-refractivity contribution in [2.24, 2.45) is 10.9 Å². The van der Waals surface area contributed by atoms with E-state index in [0.717, 1.165) is 4.47 Å². The number of hydrogen-bond acceptors (Lipinski definition) is 5. The van der Waals surface area contributed by atoms with Crippen molar-refractivity contribution in [2.75, 3.05) is 7.11 Å². The van der Waals surface area contributed by atoms with Gasteiger partial charge in [0.25, 0.3) is 0 Å². The molecule has 7 heteroatoms. The Morgan fingerprint density at radius 2 is 1.67 bits per heavy atom. The molecule has 2 N–H and O–H groups in total. The fourth-order valence-electron chi connectivity index (χ4n) is 1.75. The summed E-state index contributed by atoms with van der Waals surface area (Å²) in [6, 6.07) is 14.0. The monoisotopic (exact) mass is 392 g/mol. The number of nitrogens with zero attached hydrogens (tertiary/aromatic N) is 1. The summed E-state index contributed by atoms with van der Waals surface area (Å²) >= 11 is 3.33. The zero-order valence-corrected chi connectivity index (χ0v) is 14.8. The van der Waals surface area contributed by atoms with Gasteiger partial charge in [-0.1, -0.05) is 33.2 Å². The van der Waals surface area contributed by atoms with Crippen LogP contribution in [0.1, 0.15) is 12.5 Å². The highest BCUT2D eigenvalue weighted by molar-refractivity contribution is 9.10. The average molecular weight is 393 g/mol. The lowest BCUT2D eigenvalue weighted by Crippen LogP contribution is -2.26. The zero-order valence-electron chi connectivity index (χ0n) is 13.2. The van der Waals surface area contributed by atoms with E-state index >= 15 is 0 Å². The maximum Gasteiger partial charge on any atom is 0.374 e. The van der Waals surface area contributed by atoms with E-state index in [1.807, 2.05) is 12.1 Å². The largest absolute Gasteiger partial charge is 0.497 e. The Kier molecular flexibility index (Phi) is 6.20. The Morgan fingerprint density at radius 1 is 1.08 bits per heavy atom. The number of amidine groups is 1. The molecule has 126 valence electrons. The number of hydrogen-bond donors (Lipinski definition) is 1. The van der Waals surface area contributed by atoms with Crippen LogP contribution in [0.5, 0.6) is 11.5 Å². The molecule has 0 bridgehead atoms. The van der Waals surface area contributed by atoms with Crippen molar-refractivity contribution >= 4 is 27.7 Å². The van der Waals surface area contributed by atoms with E-state index in [-0.39, 0.29) is 5.84 Å². The van der Waals surface area contributed by atoms with Gasteiger partial charge in [-0.15, -0.1) is 0 Å². The molecule has 1 unspecified atom stereocenters. The van der Waals surface area contributed by atoms with Gasteiger partial charge >= 0.3 is 5.97 Å².